The highest BCUT2D eigenvalue weighted by atomic mass is 35.5. The van der Waals surface area contributed by atoms with Gasteiger partial charge in [0.15, 0.2) is 5.16 Å². The summed E-state index contributed by atoms with van der Waals surface area (Å²) in [5.41, 5.74) is 1.04. The van der Waals surface area contributed by atoms with E-state index in [0.29, 0.717) is 32.5 Å². The number of alkyl halides is 3. The summed E-state index contributed by atoms with van der Waals surface area (Å²) >= 11 is 13.6. The number of aromatic nitrogens is 2. The van der Waals surface area contributed by atoms with E-state index in [-0.39, 0.29) is 0 Å². The van der Waals surface area contributed by atoms with Crippen LogP contribution in [0.25, 0.3) is 16.9 Å². The molecule has 1 aromatic heterocycles. The van der Waals surface area contributed by atoms with Crippen molar-refractivity contribution in [2.24, 2.45) is 5.92 Å². The maximum absolute atomic E-state index is 13.2. The van der Waals surface area contributed by atoms with Gasteiger partial charge in [-0.15, -0.1) is 0 Å². The fraction of sp³-hybridized carbons (Fsp3) is 0.250. The van der Waals surface area contributed by atoms with Gasteiger partial charge in [-0.05, 0) is 36.2 Å². The van der Waals surface area contributed by atoms with Gasteiger partial charge in [-0.2, -0.15) is 13.2 Å². The van der Waals surface area contributed by atoms with Crippen LogP contribution in [0.2, 0.25) is 10.0 Å². The van der Waals surface area contributed by atoms with Gasteiger partial charge in [-0.1, -0.05) is 60.9 Å². The molecule has 0 amide bonds. The van der Waals surface area contributed by atoms with E-state index in [4.69, 9.17) is 23.2 Å². The van der Waals surface area contributed by atoms with Gasteiger partial charge in [0.2, 0.25) is 0 Å². The molecule has 0 unspecified atom stereocenters. The molecule has 1 heterocycles. The van der Waals surface area contributed by atoms with E-state index in [9.17, 15) is 13.2 Å². The molecule has 148 valence electrons. The summed E-state index contributed by atoms with van der Waals surface area (Å²) in [5.74, 6) is 1.20. The molecular weight excluding hydrogens is 428 g/mol. The molecule has 2 nitrogen and oxygen atoms in total. The lowest BCUT2D eigenvalue weighted by Gasteiger charge is -2.15. The van der Waals surface area contributed by atoms with E-state index in [0.717, 1.165) is 23.4 Å². The van der Waals surface area contributed by atoms with Gasteiger partial charge in [0.25, 0.3) is 0 Å². The smallest absolute Gasteiger partial charge is 0.287 e. The third-order valence-corrected chi connectivity index (χ3v) is 6.04. The molecule has 0 saturated carbocycles. The zero-order valence-corrected chi connectivity index (χ0v) is 17.4. The van der Waals surface area contributed by atoms with Crippen molar-refractivity contribution in [2.75, 3.05) is 5.75 Å². The second kappa shape index (κ2) is 8.39. The first-order chi connectivity index (χ1) is 13.2. The lowest BCUT2D eigenvalue weighted by Crippen LogP contribution is -2.07. The maximum Gasteiger partial charge on any atom is 0.416 e. The number of halogens is 5. The Bertz CT molecular complexity index is 984. The van der Waals surface area contributed by atoms with Crippen molar-refractivity contribution >= 4 is 35.0 Å². The molecule has 0 fully saturated rings. The van der Waals surface area contributed by atoms with Gasteiger partial charge in [0.1, 0.15) is 0 Å². The zero-order chi connectivity index (χ0) is 20.5. The zero-order valence-electron chi connectivity index (χ0n) is 15.1. The quantitative estimate of drug-likeness (QED) is 0.376. The van der Waals surface area contributed by atoms with Crippen LogP contribution in [0, 0.1) is 5.92 Å². The number of rotatable bonds is 5. The predicted octanol–water partition coefficient (Wildman–Crippen LogP) is 7.61. The minimum absolute atomic E-state index is 0.368. The van der Waals surface area contributed by atoms with Crippen molar-refractivity contribution in [1.82, 2.24) is 9.55 Å². The van der Waals surface area contributed by atoms with Crippen molar-refractivity contribution in [3.05, 3.63) is 64.3 Å². The summed E-state index contributed by atoms with van der Waals surface area (Å²) in [6.07, 6.45) is -2.78. The second-order valence-corrected chi connectivity index (χ2v) is 8.44. The number of nitrogens with zero attached hydrogens (tertiary/aromatic N) is 2. The van der Waals surface area contributed by atoms with Crippen molar-refractivity contribution in [3.63, 3.8) is 0 Å². The summed E-state index contributed by atoms with van der Waals surface area (Å²) < 4.78 is 41.4. The van der Waals surface area contributed by atoms with Gasteiger partial charge in [0.05, 0.1) is 27.5 Å². The highest BCUT2D eigenvalue weighted by Crippen LogP contribution is 2.36. The third kappa shape index (κ3) is 4.67. The van der Waals surface area contributed by atoms with E-state index < -0.39 is 11.7 Å². The summed E-state index contributed by atoms with van der Waals surface area (Å²) in [6, 6.07) is 10.3. The van der Waals surface area contributed by atoms with Crippen LogP contribution in [0.3, 0.4) is 0 Å². The molecule has 3 aromatic rings. The summed E-state index contributed by atoms with van der Waals surface area (Å²) in [4.78, 5) is 4.45. The van der Waals surface area contributed by atoms with Gasteiger partial charge < -0.3 is 0 Å². The van der Waals surface area contributed by atoms with Gasteiger partial charge in [-0.3, -0.25) is 4.57 Å². The molecule has 0 N–H and O–H groups in total. The number of imidazole rings is 1. The first kappa shape index (κ1) is 21.1. The maximum atomic E-state index is 13.2. The lowest BCUT2D eigenvalue weighted by atomic mass is 10.1. The summed E-state index contributed by atoms with van der Waals surface area (Å²) in [6.45, 7) is 4.15. The predicted molar refractivity (Wildman–Crippen MR) is 110 cm³/mol. The molecule has 0 aliphatic rings. The molecule has 3 rings (SSSR count). The molecule has 0 saturated heterocycles. The van der Waals surface area contributed by atoms with Crippen molar-refractivity contribution in [3.8, 4) is 16.9 Å². The molecule has 0 bridgehead atoms. The van der Waals surface area contributed by atoms with E-state index in [1.165, 1.54) is 17.8 Å². The highest BCUT2D eigenvalue weighted by Gasteiger charge is 2.31. The minimum atomic E-state index is -4.43. The van der Waals surface area contributed by atoms with Crippen molar-refractivity contribution in [1.29, 1.82) is 0 Å². The van der Waals surface area contributed by atoms with Crippen LogP contribution in [0.5, 0.6) is 0 Å². The van der Waals surface area contributed by atoms with Crippen LogP contribution in [0.4, 0.5) is 13.2 Å². The van der Waals surface area contributed by atoms with Crippen LogP contribution in [-0.2, 0) is 6.18 Å². The lowest BCUT2D eigenvalue weighted by molar-refractivity contribution is -0.137. The van der Waals surface area contributed by atoms with E-state index in [1.54, 1.807) is 35.0 Å². The largest absolute Gasteiger partial charge is 0.416 e. The average molecular weight is 445 g/mol. The van der Waals surface area contributed by atoms with Crippen LogP contribution in [-0.4, -0.2) is 15.3 Å². The summed E-state index contributed by atoms with van der Waals surface area (Å²) in [7, 11) is 0. The van der Waals surface area contributed by atoms with Gasteiger partial charge >= 0.3 is 6.18 Å². The molecule has 0 aliphatic heterocycles. The molecule has 8 heteroatoms. The fourth-order valence-corrected chi connectivity index (χ4v) is 3.85. The Morgan fingerprint density at radius 1 is 1.07 bits per heavy atom. The van der Waals surface area contributed by atoms with E-state index in [1.807, 2.05) is 0 Å². The van der Waals surface area contributed by atoms with Gasteiger partial charge in [0, 0.05) is 17.0 Å². The molecule has 0 spiro atoms. The van der Waals surface area contributed by atoms with Crippen molar-refractivity contribution < 1.29 is 13.2 Å². The standard InChI is InChI=1S/C20H17Cl2F3N2S/c1-12(2)11-28-19-26-10-18(13-6-7-16(21)17(22)8-13)27(19)15-5-3-4-14(9-15)20(23,24)25/h3-10,12H,11H2,1-2H3. The Hall–Kier alpha value is -1.63. The average Bonchev–Trinajstić information content (AvgIpc) is 3.05. The van der Waals surface area contributed by atoms with Crippen molar-refractivity contribution in [2.45, 2.75) is 25.2 Å². The number of hydrogen-bond donors (Lipinski definition) is 0. The molecule has 0 radical (unpaired) electrons. The van der Waals surface area contributed by atoms with E-state index in [2.05, 4.69) is 18.8 Å². The van der Waals surface area contributed by atoms with Crippen LogP contribution >= 0.6 is 35.0 Å². The topological polar surface area (TPSA) is 17.8 Å². The van der Waals surface area contributed by atoms with Crippen LogP contribution < -0.4 is 0 Å². The fourth-order valence-electron chi connectivity index (χ4n) is 2.61. The van der Waals surface area contributed by atoms with Gasteiger partial charge in [-0.25, -0.2) is 4.98 Å². The number of hydrogen-bond acceptors (Lipinski definition) is 2. The molecule has 28 heavy (non-hydrogen) atoms. The number of thioether (sulfide) groups is 1. The molecule has 0 atom stereocenters. The first-order valence-corrected chi connectivity index (χ1v) is 10.2. The second-order valence-electron chi connectivity index (χ2n) is 6.64. The molecular formula is C20H17Cl2F3N2S. The van der Waals surface area contributed by atoms with Crippen LogP contribution in [0.15, 0.2) is 53.8 Å². The highest BCUT2D eigenvalue weighted by molar-refractivity contribution is 7.99. The number of benzene rings is 2. The molecule has 2 aromatic carbocycles. The first-order valence-electron chi connectivity index (χ1n) is 8.50. The molecule has 0 aliphatic carbocycles. The monoisotopic (exact) mass is 444 g/mol. The Kier molecular flexibility index (Phi) is 6.32. The minimum Gasteiger partial charge on any atom is -0.287 e. The summed E-state index contributed by atoms with van der Waals surface area (Å²) in [5, 5.41) is 1.39. The SMILES string of the molecule is CC(C)CSc1ncc(-c2ccc(Cl)c(Cl)c2)n1-c1cccc(C(F)(F)F)c1. The Labute approximate surface area is 175 Å². The Morgan fingerprint density at radius 2 is 1.82 bits per heavy atom. The van der Waals surface area contributed by atoms with Crippen LogP contribution in [0.1, 0.15) is 19.4 Å². The Balaban J connectivity index is 2.16. The normalized spacial score (nSPS) is 12.0. The third-order valence-electron chi connectivity index (χ3n) is 3.92. The van der Waals surface area contributed by atoms with E-state index >= 15 is 0 Å². The Morgan fingerprint density at radius 3 is 2.46 bits per heavy atom.